The molecule has 20 heavy (non-hydrogen) atoms. The molecule has 0 fully saturated rings. The first kappa shape index (κ1) is 16.3. The molecule has 4 heteroatoms. The summed E-state index contributed by atoms with van der Waals surface area (Å²) in [4.78, 5) is 2.05. The molecule has 0 aliphatic carbocycles. The van der Waals surface area contributed by atoms with Crippen LogP contribution in [0.4, 0.5) is 5.69 Å². The van der Waals surface area contributed by atoms with Gasteiger partial charge in [0.25, 0.3) is 0 Å². The Balaban J connectivity index is 2.32. The molecule has 1 rings (SSSR count). The van der Waals surface area contributed by atoms with Gasteiger partial charge in [-0.2, -0.15) is 5.26 Å². The molecule has 0 bridgehead atoms. The summed E-state index contributed by atoms with van der Waals surface area (Å²) in [6.07, 6.45) is 2.75. The topological polar surface area (TPSA) is 48.3 Å². The van der Waals surface area contributed by atoms with Crippen molar-refractivity contribution in [2.75, 3.05) is 32.6 Å². The highest BCUT2D eigenvalue weighted by Crippen LogP contribution is 2.20. The minimum atomic E-state index is -0.426. The lowest BCUT2D eigenvalue weighted by atomic mass is 9.97. The fourth-order valence-electron chi connectivity index (χ4n) is 1.86. The summed E-state index contributed by atoms with van der Waals surface area (Å²) in [5, 5.41) is 12.1. The van der Waals surface area contributed by atoms with Gasteiger partial charge in [-0.25, -0.2) is 0 Å². The quantitative estimate of drug-likeness (QED) is 0.741. The maximum Gasteiger partial charge on any atom is 0.121 e. The molecule has 1 N–H and O–H groups in total. The summed E-state index contributed by atoms with van der Waals surface area (Å²) in [6.45, 7) is 2.61. The first-order valence-electron chi connectivity index (χ1n) is 7.01. The van der Waals surface area contributed by atoms with Crippen LogP contribution in [-0.4, -0.2) is 33.3 Å². The van der Waals surface area contributed by atoms with Crippen molar-refractivity contribution in [3.05, 3.63) is 24.3 Å². The smallest absolute Gasteiger partial charge is 0.121 e. The zero-order chi connectivity index (χ0) is 15.0. The van der Waals surface area contributed by atoms with Gasteiger partial charge in [0.1, 0.15) is 11.3 Å². The van der Waals surface area contributed by atoms with Crippen LogP contribution < -0.4 is 15.0 Å². The van der Waals surface area contributed by atoms with E-state index in [1.54, 1.807) is 0 Å². The molecule has 0 aromatic heterocycles. The Morgan fingerprint density at radius 2 is 2.10 bits per heavy atom. The molecule has 1 aromatic carbocycles. The van der Waals surface area contributed by atoms with Crippen LogP contribution in [0.3, 0.4) is 0 Å². The number of ether oxygens (including phenoxy) is 1. The molecule has 0 aliphatic rings. The van der Waals surface area contributed by atoms with Gasteiger partial charge in [0.15, 0.2) is 0 Å². The van der Waals surface area contributed by atoms with Gasteiger partial charge in [-0.15, -0.1) is 0 Å². The molecule has 1 unspecified atom stereocenters. The number of anilines is 1. The SMILES string of the molecule is CNC(C)(C#N)CCCCOc1cccc(N(C)C)c1. The lowest BCUT2D eigenvalue weighted by molar-refractivity contribution is 0.297. The van der Waals surface area contributed by atoms with Crippen LogP contribution in [0.15, 0.2) is 24.3 Å². The highest BCUT2D eigenvalue weighted by atomic mass is 16.5. The van der Waals surface area contributed by atoms with E-state index < -0.39 is 5.54 Å². The van der Waals surface area contributed by atoms with E-state index in [4.69, 9.17) is 10.00 Å². The molecule has 0 aliphatic heterocycles. The van der Waals surface area contributed by atoms with E-state index in [2.05, 4.69) is 22.4 Å². The Morgan fingerprint density at radius 1 is 1.35 bits per heavy atom. The van der Waals surface area contributed by atoms with Crippen LogP contribution in [0.25, 0.3) is 0 Å². The number of rotatable bonds is 8. The van der Waals surface area contributed by atoms with E-state index in [9.17, 15) is 0 Å². The van der Waals surface area contributed by atoms with Crippen molar-refractivity contribution in [3.8, 4) is 11.8 Å². The highest BCUT2D eigenvalue weighted by molar-refractivity contribution is 5.49. The van der Waals surface area contributed by atoms with Gasteiger partial charge < -0.3 is 15.0 Å². The van der Waals surface area contributed by atoms with Crippen LogP contribution in [-0.2, 0) is 0 Å². The van der Waals surface area contributed by atoms with Gasteiger partial charge in [0.05, 0.1) is 12.7 Å². The monoisotopic (exact) mass is 275 g/mol. The third-order valence-corrected chi connectivity index (χ3v) is 3.47. The number of hydrogen-bond donors (Lipinski definition) is 1. The maximum atomic E-state index is 9.05. The molecule has 0 spiro atoms. The maximum absolute atomic E-state index is 9.05. The summed E-state index contributed by atoms with van der Waals surface area (Å²) in [6, 6.07) is 10.4. The van der Waals surface area contributed by atoms with Crippen LogP contribution >= 0.6 is 0 Å². The standard InChI is InChI=1S/C16H25N3O/c1-16(13-17,18-2)10-5-6-11-20-15-9-7-8-14(12-15)19(3)4/h7-9,12,18H,5-6,10-11H2,1-4H3. The van der Waals surface area contributed by atoms with E-state index in [-0.39, 0.29) is 0 Å². The summed E-state index contributed by atoms with van der Waals surface area (Å²) in [5.74, 6) is 0.896. The van der Waals surface area contributed by atoms with Crippen molar-refractivity contribution in [3.63, 3.8) is 0 Å². The summed E-state index contributed by atoms with van der Waals surface area (Å²) in [7, 11) is 5.85. The number of nitrogens with one attached hydrogen (secondary N) is 1. The van der Waals surface area contributed by atoms with Gasteiger partial charge in [0.2, 0.25) is 0 Å². The normalized spacial score (nSPS) is 13.3. The lowest BCUT2D eigenvalue weighted by Crippen LogP contribution is -2.37. The summed E-state index contributed by atoms with van der Waals surface area (Å²) >= 11 is 0. The molecule has 0 amide bonds. The molecule has 110 valence electrons. The van der Waals surface area contributed by atoms with Crippen molar-refractivity contribution in [2.24, 2.45) is 0 Å². The molecule has 1 aromatic rings. The van der Waals surface area contributed by atoms with E-state index in [0.717, 1.165) is 30.7 Å². The minimum absolute atomic E-state index is 0.426. The largest absolute Gasteiger partial charge is 0.494 e. The van der Waals surface area contributed by atoms with Gasteiger partial charge in [-0.1, -0.05) is 6.07 Å². The fourth-order valence-corrected chi connectivity index (χ4v) is 1.86. The van der Waals surface area contributed by atoms with Crippen molar-refractivity contribution >= 4 is 5.69 Å². The fraction of sp³-hybridized carbons (Fsp3) is 0.562. The summed E-state index contributed by atoms with van der Waals surface area (Å²) in [5.41, 5.74) is 0.708. The Bertz CT molecular complexity index is 453. The van der Waals surface area contributed by atoms with Crippen molar-refractivity contribution in [2.45, 2.75) is 31.7 Å². The van der Waals surface area contributed by atoms with E-state index in [0.29, 0.717) is 6.61 Å². The third kappa shape index (κ3) is 5.10. The lowest BCUT2D eigenvalue weighted by Gasteiger charge is -2.20. The van der Waals surface area contributed by atoms with Gasteiger partial charge in [-0.05, 0) is 45.4 Å². The number of benzene rings is 1. The van der Waals surface area contributed by atoms with Crippen molar-refractivity contribution in [1.82, 2.24) is 5.32 Å². The second-order valence-electron chi connectivity index (χ2n) is 5.39. The second kappa shape index (κ2) is 7.76. The van der Waals surface area contributed by atoms with Crippen LogP contribution in [0.5, 0.6) is 5.75 Å². The average molecular weight is 275 g/mol. The van der Waals surface area contributed by atoms with E-state index >= 15 is 0 Å². The number of nitrogens with zero attached hydrogens (tertiary/aromatic N) is 2. The zero-order valence-corrected chi connectivity index (χ0v) is 12.9. The predicted octanol–water partition coefficient (Wildman–Crippen LogP) is 2.80. The Labute approximate surface area is 122 Å². The molecular formula is C16H25N3O. The average Bonchev–Trinajstić information content (AvgIpc) is 2.47. The van der Waals surface area contributed by atoms with Crippen molar-refractivity contribution in [1.29, 1.82) is 5.26 Å². The van der Waals surface area contributed by atoms with E-state index in [1.165, 1.54) is 0 Å². The third-order valence-electron chi connectivity index (χ3n) is 3.47. The predicted molar refractivity (Wildman–Crippen MR) is 83.2 cm³/mol. The molecule has 0 saturated heterocycles. The van der Waals surface area contributed by atoms with E-state index in [1.807, 2.05) is 46.3 Å². The van der Waals surface area contributed by atoms with Gasteiger partial charge in [0, 0.05) is 25.8 Å². The number of nitriles is 1. The minimum Gasteiger partial charge on any atom is -0.494 e. The number of hydrogen-bond acceptors (Lipinski definition) is 4. The second-order valence-corrected chi connectivity index (χ2v) is 5.39. The molecule has 1 atom stereocenters. The summed E-state index contributed by atoms with van der Waals surface area (Å²) < 4.78 is 5.75. The molecule has 0 heterocycles. The van der Waals surface area contributed by atoms with Crippen LogP contribution in [0.1, 0.15) is 26.2 Å². The molecule has 0 saturated carbocycles. The molecule has 0 radical (unpaired) electrons. The van der Waals surface area contributed by atoms with Gasteiger partial charge in [-0.3, -0.25) is 0 Å². The zero-order valence-electron chi connectivity index (χ0n) is 12.9. The first-order valence-corrected chi connectivity index (χ1v) is 7.01. The first-order chi connectivity index (χ1) is 9.50. The van der Waals surface area contributed by atoms with Crippen LogP contribution in [0, 0.1) is 11.3 Å². The Morgan fingerprint density at radius 3 is 2.70 bits per heavy atom. The number of unbranched alkanes of at least 4 members (excludes halogenated alkanes) is 1. The van der Waals surface area contributed by atoms with Crippen LogP contribution in [0.2, 0.25) is 0 Å². The Hall–Kier alpha value is -1.73. The van der Waals surface area contributed by atoms with Crippen molar-refractivity contribution < 1.29 is 4.74 Å². The molecule has 4 nitrogen and oxygen atoms in total. The Kier molecular flexibility index (Phi) is 6.33. The van der Waals surface area contributed by atoms with Gasteiger partial charge >= 0.3 is 0 Å². The molecular weight excluding hydrogens is 250 g/mol. The highest BCUT2D eigenvalue weighted by Gasteiger charge is 2.19.